The van der Waals surface area contributed by atoms with Gasteiger partial charge in [0, 0.05) is 24.2 Å². The monoisotopic (exact) mass is 370 g/mol. The van der Waals surface area contributed by atoms with Crippen molar-refractivity contribution >= 4 is 27.5 Å². The van der Waals surface area contributed by atoms with Crippen LogP contribution in [0.25, 0.3) is 10.2 Å². The molecule has 0 fully saturated rings. The van der Waals surface area contributed by atoms with Gasteiger partial charge in [-0.1, -0.05) is 23.5 Å². The third-order valence-corrected chi connectivity index (χ3v) is 4.97. The lowest BCUT2D eigenvalue weighted by Gasteiger charge is -2.18. The number of hydrogen-bond donors (Lipinski definition) is 0. The Morgan fingerprint density at radius 2 is 2.04 bits per heavy atom. The molecule has 3 aromatic rings. The Morgan fingerprint density at radius 1 is 1.27 bits per heavy atom. The zero-order chi connectivity index (χ0) is 18.1. The quantitative estimate of drug-likeness (QED) is 0.663. The highest BCUT2D eigenvalue weighted by Gasteiger charge is 2.16. The molecule has 1 aliphatic heterocycles. The smallest absolute Gasteiger partial charge is 0.279 e. The van der Waals surface area contributed by atoms with Gasteiger partial charge in [-0.2, -0.15) is 4.99 Å². The summed E-state index contributed by atoms with van der Waals surface area (Å²) in [5, 5.41) is 0. The molecule has 0 bridgehead atoms. The molecule has 2 heterocycles. The Bertz CT molecular complexity index is 1080. The van der Waals surface area contributed by atoms with Crippen molar-refractivity contribution < 1.29 is 18.7 Å². The second kappa shape index (κ2) is 6.76. The number of halogens is 1. The van der Waals surface area contributed by atoms with E-state index in [1.54, 1.807) is 12.1 Å². The minimum absolute atomic E-state index is 0.207. The molecule has 1 aliphatic rings. The molecule has 1 aromatic heterocycles. The van der Waals surface area contributed by atoms with Crippen LogP contribution in [-0.4, -0.2) is 23.7 Å². The van der Waals surface area contributed by atoms with Crippen LogP contribution in [-0.2, 0) is 6.54 Å². The summed E-state index contributed by atoms with van der Waals surface area (Å²) in [5.41, 5.74) is 1.09. The molecule has 1 amide bonds. The maximum absolute atomic E-state index is 13.4. The number of benzene rings is 2. The summed E-state index contributed by atoms with van der Waals surface area (Å²) in [6.45, 7) is 5.26. The molecular weight excluding hydrogens is 355 g/mol. The predicted molar refractivity (Wildman–Crippen MR) is 97.3 cm³/mol. The third-order valence-electron chi connectivity index (χ3n) is 3.93. The van der Waals surface area contributed by atoms with E-state index in [1.807, 2.05) is 16.7 Å². The summed E-state index contributed by atoms with van der Waals surface area (Å²) in [6, 6.07) is 9.27. The van der Waals surface area contributed by atoms with Gasteiger partial charge in [-0.15, -0.1) is 6.58 Å². The van der Waals surface area contributed by atoms with E-state index in [0.29, 0.717) is 36.1 Å². The largest absolute Gasteiger partial charge is 0.486 e. The first kappa shape index (κ1) is 16.5. The number of amides is 1. The first-order chi connectivity index (χ1) is 12.7. The SMILES string of the molecule is C=CCn1c(=NC(=O)c2cccc(F)c2)sc2cc3c(cc21)OCCO3. The molecule has 7 heteroatoms. The van der Waals surface area contributed by atoms with Gasteiger partial charge < -0.3 is 14.0 Å². The maximum Gasteiger partial charge on any atom is 0.279 e. The number of nitrogens with zero attached hydrogens (tertiary/aromatic N) is 2. The molecule has 0 saturated carbocycles. The Kier molecular flexibility index (Phi) is 4.30. The van der Waals surface area contributed by atoms with Gasteiger partial charge in [-0.3, -0.25) is 4.79 Å². The standard InChI is InChI=1S/C19H15FN2O3S/c1-2-6-22-14-10-15-16(25-8-7-24-15)11-17(14)26-19(22)21-18(23)12-4-3-5-13(20)9-12/h2-5,9-11H,1,6-8H2. The van der Waals surface area contributed by atoms with Crippen LogP contribution in [0.4, 0.5) is 4.39 Å². The normalized spacial score (nSPS) is 13.8. The number of rotatable bonds is 3. The zero-order valence-corrected chi connectivity index (χ0v) is 14.6. The summed E-state index contributed by atoms with van der Waals surface area (Å²) >= 11 is 1.36. The summed E-state index contributed by atoms with van der Waals surface area (Å²) in [7, 11) is 0. The van der Waals surface area contributed by atoms with Crippen molar-refractivity contribution in [1.29, 1.82) is 0 Å². The van der Waals surface area contributed by atoms with Crippen LogP contribution in [0.3, 0.4) is 0 Å². The minimum Gasteiger partial charge on any atom is -0.486 e. The number of allylic oxidation sites excluding steroid dienone is 1. The highest BCUT2D eigenvalue weighted by molar-refractivity contribution is 7.16. The molecule has 0 unspecified atom stereocenters. The first-order valence-electron chi connectivity index (χ1n) is 8.04. The van der Waals surface area contributed by atoms with Crippen molar-refractivity contribution in [3.05, 3.63) is 65.2 Å². The lowest BCUT2D eigenvalue weighted by atomic mass is 10.2. The van der Waals surface area contributed by atoms with Gasteiger partial charge in [0.2, 0.25) is 0 Å². The van der Waals surface area contributed by atoms with Gasteiger partial charge in [0.1, 0.15) is 19.0 Å². The zero-order valence-electron chi connectivity index (χ0n) is 13.8. The molecule has 2 aromatic carbocycles. The van der Waals surface area contributed by atoms with Gasteiger partial charge in [-0.05, 0) is 18.2 Å². The fourth-order valence-electron chi connectivity index (χ4n) is 2.77. The van der Waals surface area contributed by atoms with Crippen molar-refractivity contribution in [2.24, 2.45) is 4.99 Å². The van der Waals surface area contributed by atoms with E-state index in [9.17, 15) is 9.18 Å². The number of carbonyl (C=O) groups is 1. The predicted octanol–water partition coefficient (Wildman–Crippen LogP) is 3.54. The lowest BCUT2D eigenvalue weighted by Crippen LogP contribution is -2.17. The molecule has 0 aliphatic carbocycles. The van der Waals surface area contributed by atoms with Gasteiger partial charge in [0.05, 0.1) is 10.2 Å². The second-order valence-electron chi connectivity index (χ2n) is 5.67. The van der Waals surface area contributed by atoms with Gasteiger partial charge in [-0.25, -0.2) is 4.39 Å². The molecule has 0 spiro atoms. The van der Waals surface area contributed by atoms with Crippen molar-refractivity contribution in [3.8, 4) is 11.5 Å². The van der Waals surface area contributed by atoms with E-state index >= 15 is 0 Å². The molecule has 5 nitrogen and oxygen atoms in total. The summed E-state index contributed by atoms with van der Waals surface area (Å²) in [4.78, 5) is 17.2. The van der Waals surface area contributed by atoms with Crippen LogP contribution in [0.1, 0.15) is 10.4 Å². The number of hydrogen-bond acceptors (Lipinski definition) is 4. The summed E-state index contributed by atoms with van der Waals surface area (Å²) in [6.07, 6.45) is 1.73. The minimum atomic E-state index is -0.494. The van der Waals surface area contributed by atoms with Gasteiger partial charge in [0.15, 0.2) is 16.3 Å². The first-order valence-corrected chi connectivity index (χ1v) is 8.86. The van der Waals surface area contributed by atoms with Crippen molar-refractivity contribution in [1.82, 2.24) is 4.57 Å². The Labute approximate surface area is 152 Å². The Balaban J connectivity index is 1.86. The maximum atomic E-state index is 13.4. The molecule has 0 N–H and O–H groups in total. The van der Waals surface area contributed by atoms with E-state index in [-0.39, 0.29) is 5.56 Å². The average Bonchev–Trinajstić information content (AvgIpc) is 2.96. The van der Waals surface area contributed by atoms with Crippen LogP contribution in [0.5, 0.6) is 11.5 Å². The lowest BCUT2D eigenvalue weighted by molar-refractivity contribution is 0.0997. The Morgan fingerprint density at radius 3 is 2.77 bits per heavy atom. The van der Waals surface area contributed by atoms with Crippen LogP contribution >= 0.6 is 11.3 Å². The Hall–Kier alpha value is -2.93. The van der Waals surface area contributed by atoms with Crippen LogP contribution in [0.15, 0.2) is 54.0 Å². The second-order valence-corrected chi connectivity index (χ2v) is 6.68. The number of ether oxygens (including phenoxy) is 2. The molecule has 0 atom stereocenters. The number of thiazole rings is 1. The summed E-state index contributed by atoms with van der Waals surface area (Å²) < 4.78 is 27.4. The molecule has 26 heavy (non-hydrogen) atoms. The van der Waals surface area contributed by atoms with E-state index in [2.05, 4.69) is 11.6 Å². The van der Waals surface area contributed by atoms with Crippen LogP contribution < -0.4 is 14.3 Å². The van der Waals surface area contributed by atoms with Gasteiger partial charge >= 0.3 is 0 Å². The fourth-order valence-corrected chi connectivity index (χ4v) is 3.82. The van der Waals surface area contributed by atoms with E-state index < -0.39 is 11.7 Å². The fraction of sp³-hybridized carbons (Fsp3) is 0.158. The van der Waals surface area contributed by atoms with E-state index in [1.165, 1.54) is 29.5 Å². The molecular formula is C19H15FN2O3S. The molecule has 0 radical (unpaired) electrons. The number of aromatic nitrogens is 1. The van der Waals surface area contributed by atoms with Crippen LogP contribution in [0, 0.1) is 5.82 Å². The van der Waals surface area contributed by atoms with Crippen LogP contribution in [0.2, 0.25) is 0 Å². The van der Waals surface area contributed by atoms with Gasteiger partial charge in [0.25, 0.3) is 5.91 Å². The van der Waals surface area contributed by atoms with E-state index in [0.717, 1.165) is 10.2 Å². The average molecular weight is 370 g/mol. The molecule has 0 saturated heterocycles. The van der Waals surface area contributed by atoms with Crippen molar-refractivity contribution in [2.45, 2.75) is 6.54 Å². The van der Waals surface area contributed by atoms with Crippen molar-refractivity contribution in [2.75, 3.05) is 13.2 Å². The third kappa shape index (κ3) is 3.01. The highest BCUT2D eigenvalue weighted by Crippen LogP contribution is 2.35. The molecule has 132 valence electrons. The topological polar surface area (TPSA) is 52.8 Å². The number of carbonyl (C=O) groups excluding carboxylic acids is 1. The van der Waals surface area contributed by atoms with E-state index in [4.69, 9.17) is 9.47 Å². The number of fused-ring (bicyclic) bond motifs is 2. The van der Waals surface area contributed by atoms with Crippen molar-refractivity contribution in [3.63, 3.8) is 0 Å². The highest BCUT2D eigenvalue weighted by atomic mass is 32.1. The molecule has 4 rings (SSSR count). The summed E-state index contributed by atoms with van der Waals surface area (Å²) in [5.74, 6) is 0.385.